The van der Waals surface area contributed by atoms with E-state index in [0.717, 1.165) is 23.2 Å². The number of aromatic nitrogens is 1. The average molecular weight is 332 g/mol. The summed E-state index contributed by atoms with van der Waals surface area (Å²) in [6.07, 6.45) is 6.27. The van der Waals surface area contributed by atoms with Crippen LogP contribution in [0.5, 0.6) is 0 Å². The second-order valence-electron chi connectivity index (χ2n) is 5.27. The van der Waals surface area contributed by atoms with E-state index < -0.39 is 0 Å². The normalized spacial score (nSPS) is 19.4. The predicted octanol–water partition coefficient (Wildman–Crippen LogP) is 3.76. The zero-order chi connectivity index (χ0) is 13.9. The molecule has 0 spiro atoms. The first kappa shape index (κ1) is 13.6. The lowest BCUT2D eigenvalue weighted by atomic mass is 10.1. The lowest BCUT2D eigenvalue weighted by molar-refractivity contribution is 0.247. The van der Waals surface area contributed by atoms with Crippen LogP contribution in [0.4, 0.5) is 5.69 Å². The Morgan fingerprint density at radius 1 is 1.35 bits per heavy atom. The van der Waals surface area contributed by atoms with Crippen molar-refractivity contribution >= 4 is 21.6 Å². The molecule has 0 radical (unpaired) electrons. The molecule has 104 valence electrons. The largest absolute Gasteiger partial charge is 0.399 e. The zero-order valence-electron chi connectivity index (χ0n) is 11.3. The fourth-order valence-electron chi connectivity index (χ4n) is 2.88. The van der Waals surface area contributed by atoms with E-state index in [1.54, 1.807) is 0 Å². The first-order valence-electron chi connectivity index (χ1n) is 6.92. The zero-order valence-corrected chi connectivity index (χ0v) is 12.9. The first-order chi connectivity index (χ1) is 9.74. The van der Waals surface area contributed by atoms with E-state index in [4.69, 9.17) is 5.73 Å². The third-order valence-corrected chi connectivity index (χ3v) is 4.62. The third kappa shape index (κ3) is 2.86. The molecule has 1 fully saturated rings. The van der Waals surface area contributed by atoms with Crippen LogP contribution in [0, 0.1) is 0 Å². The highest BCUT2D eigenvalue weighted by Gasteiger charge is 2.26. The second-order valence-corrected chi connectivity index (χ2v) is 6.12. The Morgan fingerprint density at radius 2 is 2.25 bits per heavy atom. The smallest absolute Gasteiger partial charge is 0.0367 e. The maximum absolute atomic E-state index is 5.80. The molecule has 1 aromatic carbocycles. The molecule has 3 rings (SSSR count). The van der Waals surface area contributed by atoms with Crippen molar-refractivity contribution in [1.82, 2.24) is 9.88 Å². The summed E-state index contributed by atoms with van der Waals surface area (Å²) in [6, 6.07) is 10.7. The molecule has 1 atom stereocenters. The SMILES string of the molecule is Nc1ccc(CN2CCCC2c2cccnc2)c(Br)c1. The van der Waals surface area contributed by atoms with Gasteiger partial charge in [0.25, 0.3) is 0 Å². The number of halogens is 1. The average Bonchev–Trinajstić information content (AvgIpc) is 2.91. The van der Waals surface area contributed by atoms with Gasteiger partial charge in [0.15, 0.2) is 0 Å². The van der Waals surface area contributed by atoms with Gasteiger partial charge < -0.3 is 5.73 Å². The van der Waals surface area contributed by atoms with Gasteiger partial charge in [0.1, 0.15) is 0 Å². The lowest BCUT2D eigenvalue weighted by Crippen LogP contribution is -2.23. The van der Waals surface area contributed by atoms with Crippen LogP contribution >= 0.6 is 15.9 Å². The van der Waals surface area contributed by atoms with Crippen LogP contribution in [0.25, 0.3) is 0 Å². The summed E-state index contributed by atoms with van der Waals surface area (Å²) in [7, 11) is 0. The van der Waals surface area contributed by atoms with Crippen molar-refractivity contribution in [2.45, 2.75) is 25.4 Å². The summed E-state index contributed by atoms with van der Waals surface area (Å²) in [5, 5.41) is 0. The highest BCUT2D eigenvalue weighted by Crippen LogP contribution is 2.34. The van der Waals surface area contributed by atoms with Crippen molar-refractivity contribution in [3.05, 3.63) is 58.3 Å². The quantitative estimate of drug-likeness (QED) is 0.870. The number of rotatable bonds is 3. The Hall–Kier alpha value is -1.39. The van der Waals surface area contributed by atoms with Gasteiger partial charge in [-0.3, -0.25) is 9.88 Å². The topological polar surface area (TPSA) is 42.1 Å². The number of likely N-dealkylation sites (tertiary alicyclic amines) is 1. The summed E-state index contributed by atoms with van der Waals surface area (Å²) < 4.78 is 1.09. The number of benzene rings is 1. The maximum Gasteiger partial charge on any atom is 0.0367 e. The minimum absolute atomic E-state index is 0.480. The van der Waals surface area contributed by atoms with Gasteiger partial charge >= 0.3 is 0 Å². The number of nitrogens with zero attached hydrogens (tertiary/aromatic N) is 2. The molecule has 2 aromatic rings. The molecule has 1 unspecified atom stereocenters. The predicted molar refractivity (Wildman–Crippen MR) is 85.2 cm³/mol. The molecular weight excluding hydrogens is 314 g/mol. The summed E-state index contributed by atoms with van der Waals surface area (Å²) in [6.45, 7) is 2.08. The highest BCUT2D eigenvalue weighted by atomic mass is 79.9. The van der Waals surface area contributed by atoms with Crippen LogP contribution in [-0.4, -0.2) is 16.4 Å². The molecule has 1 aromatic heterocycles. The molecule has 1 aliphatic heterocycles. The monoisotopic (exact) mass is 331 g/mol. The molecule has 4 heteroatoms. The van der Waals surface area contributed by atoms with E-state index in [1.165, 1.54) is 24.0 Å². The van der Waals surface area contributed by atoms with Crippen molar-refractivity contribution in [3.63, 3.8) is 0 Å². The number of nitrogen functional groups attached to an aromatic ring is 1. The molecule has 0 bridgehead atoms. The lowest BCUT2D eigenvalue weighted by Gasteiger charge is -2.25. The third-order valence-electron chi connectivity index (χ3n) is 3.88. The van der Waals surface area contributed by atoms with Crippen molar-refractivity contribution in [2.24, 2.45) is 0 Å². The molecular formula is C16H18BrN3. The van der Waals surface area contributed by atoms with E-state index >= 15 is 0 Å². The highest BCUT2D eigenvalue weighted by molar-refractivity contribution is 9.10. The standard InChI is InChI=1S/C16H18BrN3/c17-15-9-14(18)6-5-13(15)11-20-8-2-4-16(20)12-3-1-7-19-10-12/h1,3,5-7,9-10,16H,2,4,8,11,18H2. The van der Waals surface area contributed by atoms with Crippen LogP contribution in [0.3, 0.4) is 0 Å². The van der Waals surface area contributed by atoms with Crippen LogP contribution in [-0.2, 0) is 6.54 Å². The van der Waals surface area contributed by atoms with E-state index in [0.29, 0.717) is 6.04 Å². The van der Waals surface area contributed by atoms with Crippen molar-refractivity contribution in [1.29, 1.82) is 0 Å². The molecule has 0 amide bonds. The molecule has 2 N–H and O–H groups in total. The molecule has 3 nitrogen and oxygen atoms in total. The minimum atomic E-state index is 0.480. The number of pyridine rings is 1. The van der Waals surface area contributed by atoms with Gasteiger partial charge in [-0.2, -0.15) is 0 Å². The van der Waals surface area contributed by atoms with Gasteiger partial charge in [-0.1, -0.05) is 28.1 Å². The van der Waals surface area contributed by atoms with Gasteiger partial charge in [0.2, 0.25) is 0 Å². The van der Waals surface area contributed by atoms with E-state index in [-0.39, 0.29) is 0 Å². The second kappa shape index (κ2) is 5.94. The first-order valence-corrected chi connectivity index (χ1v) is 7.71. The Bertz CT molecular complexity index is 586. The van der Waals surface area contributed by atoms with Crippen molar-refractivity contribution in [2.75, 3.05) is 12.3 Å². The van der Waals surface area contributed by atoms with Gasteiger partial charge in [-0.15, -0.1) is 0 Å². The van der Waals surface area contributed by atoms with E-state index in [1.807, 2.05) is 30.6 Å². The van der Waals surface area contributed by atoms with Crippen LogP contribution < -0.4 is 5.73 Å². The van der Waals surface area contributed by atoms with Gasteiger partial charge in [-0.05, 0) is 48.7 Å². The van der Waals surface area contributed by atoms with E-state index in [9.17, 15) is 0 Å². The number of anilines is 1. The maximum atomic E-state index is 5.80. The number of nitrogens with two attached hydrogens (primary N) is 1. The summed E-state index contributed by atoms with van der Waals surface area (Å²) in [4.78, 5) is 6.77. The van der Waals surface area contributed by atoms with E-state index in [2.05, 4.69) is 37.9 Å². The molecule has 1 saturated heterocycles. The van der Waals surface area contributed by atoms with Crippen molar-refractivity contribution in [3.8, 4) is 0 Å². The molecule has 1 aliphatic rings. The Kier molecular flexibility index (Phi) is 4.03. The molecule has 0 saturated carbocycles. The minimum Gasteiger partial charge on any atom is -0.399 e. The van der Waals surface area contributed by atoms with Gasteiger partial charge in [0, 0.05) is 35.1 Å². The summed E-state index contributed by atoms with van der Waals surface area (Å²) >= 11 is 3.61. The van der Waals surface area contributed by atoms with Crippen molar-refractivity contribution < 1.29 is 0 Å². The molecule has 0 aliphatic carbocycles. The van der Waals surface area contributed by atoms with Gasteiger partial charge in [-0.25, -0.2) is 0 Å². The Balaban J connectivity index is 1.79. The summed E-state index contributed by atoms with van der Waals surface area (Å²) in [5.74, 6) is 0. The fraction of sp³-hybridized carbons (Fsp3) is 0.312. The number of hydrogen-bond donors (Lipinski definition) is 1. The number of hydrogen-bond acceptors (Lipinski definition) is 3. The molecule has 2 heterocycles. The van der Waals surface area contributed by atoms with Crippen LogP contribution in [0.1, 0.15) is 30.0 Å². The Morgan fingerprint density at radius 3 is 3.00 bits per heavy atom. The fourth-order valence-corrected chi connectivity index (χ4v) is 3.40. The molecule has 20 heavy (non-hydrogen) atoms. The summed E-state index contributed by atoms with van der Waals surface area (Å²) in [5.41, 5.74) is 9.20. The van der Waals surface area contributed by atoms with Crippen LogP contribution in [0.15, 0.2) is 47.2 Å². The Labute approximate surface area is 127 Å². The van der Waals surface area contributed by atoms with Crippen LogP contribution in [0.2, 0.25) is 0 Å². The van der Waals surface area contributed by atoms with Gasteiger partial charge in [0.05, 0.1) is 0 Å².